The number of piperidine rings is 1. The van der Waals surface area contributed by atoms with Crippen molar-refractivity contribution in [3.63, 3.8) is 0 Å². The minimum atomic E-state index is -0.748. The van der Waals surface area contributed by atoms with E-state index in [2.05, 4.69) is 0 Å². The quantitative estimate of drug-likeness (QED) is 0.606. The van der Waals surface area contributed by atoms with Crippen LogP contribution < -0.4 is 0 Å². The molecule has 0 aromatic heterocycles. The van der Waals surface area contributed by atoms with Crippen LogP contribution in [0.1, 0.15) is 47.0 Å². The minimum absolute atomic E-state index is 0.126. The fourth-order valence-electron chi connectivity index (χ4n) is 3.55. The second-order valence-electron chi connectivity index (χ2n) is 7.31. The smallest absolute Gasteiger partial charge is 0.333 e. The summed E-state index contributed by atoms with van der Waals surface area (Å²) in [5.74, 6) is -0.395. The third-order valence-corrected chi connectivity index (χ3v) is 5.04. The minimum Gasteiger partial charge on any atom is -0.459 e. The number of likely N-dealkylation sites (N-methyl/N-ethyl adjacent to an activating group) is 1. The summed E-state index contributed by atoms with van der Waals surface area (Å²) in [5, 5.41) is 10.5. The molecule has 1 N–H and O–H groups in total. The van der Waals surface area contributed by atoms with Gasteiger partial charge in [-0.3, -0.25) is 9.69 Å². The lowest BCUT2D eigenvalue weighted by molar-refractivity contribution is -0.156. The molecule has 2 rings (SSSR count). The van der Waals surface area contributed by atoms with Crippen molar-refractivity contribution in [3.8, 4) is 0 Å². The molecule has 3 unspecified atom stereocenters. The Morgan fingerprint density at radius 2 is 1.88 bits per heavy atom. The van der Waals surface area contributed by atoms with Crippen LogP contribution in [-0.4, -0.2) is 59.4 Å². The van der Waals surface area contributed by atoms with Gasteiger partial charge in [-0.2, -0.15) is 0 Å². The predicted octanol–water partition coefficient (Wildman–Crippen LogP) is 1.66. The lowest BCUT2D eigenvalue weighted by atomic mass is 10.00. The van der Waals surface area contributed by atoms with E-state index in [0.29, 0.717) is 24.8 Å². The summed E-state index contributed by atoms with van der Waals surface area (Å²) in [7, 11) is 1.92. The van der Waals surface area contributed by atoms with Gasteiger partial charge in [0.1, 0.15) is 18.3 Å². The largest absolute Gasteiger partial charge is 0.459 e. The van der Waals surface area contributed by atoms with Gasteiger partial charge in [-0.1, -0.05) is 19.9 Å². The van der Waals surface area contributed by atoms with E-state index in [1.165, 1.54) is 0 Å². The third kappa shape index (κ3) is 3.98. The number of carbonyl (C=O) groups excluding carboxylic acids is 2. The molecule has 6 nitrogen and oxygen atoms in total. The van der Waals surface area contributed by atoms with Gasteiger partial charge >= 0.3 is 11.9 Å². The molecule has 0 aliphatic carbocycles. The average Bonchev–Trinajstić information content (AvgIpc) is 2.64. The monoisotopic (exact) mass is 339 g/mol. The maximum atomic E-state index is 12.0. The lowest BCUT2D eigenvalue weighted by Gasteiger charge is -2.36. The van der Waals surface area contributed by atoms with E-state index in [1.807, 2.05) is 25.8 Å². The number of ether oxygens (including phenoxy) is 2. The van der Waals surface area contributed by atoms with Gasteiger partial charge < -0.3 is 14.6 Å². The topological polar surface area (TPSA) is 76.1 Å². The lowest BCUT2D eigenvalue weighted by Crippen LogP contribution is -2.46. The summed E-state index contributed by atoms with van der Waals surface area (Å²) in [6, 6.07) is -0.289. The van der Waals surface area contributed by atoms with Crippen LogP contribution in [0.2, 0.25) is 0 Å². The summed E-state index contributed by atoms with van der Waals surface area (Å²) in [6.45, 7) is 7.42. The van der Waals surface area contributed by atoms with Crippen molar-refractivity contribution in [3.05, 3.63) is 11.6 Å². The highest BCUT2D eigenvalue weighted by Crippen LogP contribution is 2.38. The van der Waals surface area contributed by atoms with Crippen molar-refractivity contribution in [1.82, 2.24) is 4.90 Å². The molecule has 0 amide bonds. The van der Waals surface area contributed by atoms with Crippen molar-refractivity contribution in [2.75, 3.05) is 7.05 Å². The highest BCUT2D eigenvalue weighted by Gasteiger charge is 2.53. The zero-order valence-electron chi connectivity index (χ0n) is 15.2. The van der Waals surface area contributed by atoms with Crippen LogP contribution >= 0.6 is 0 Å². The van der Waals surface area contributed by atoms with Crippen LogP contribution in [0.4, 0.5) is 0 Å². The zero-order valence-corrected chi connectivity index (χ0v) is 15.2. The number of aliphatic hydroxyl groups excluding tert-OH is 1. The number of carbonyl (C=O) groups is 2. The Kier molecular flexibility index (Phi) is 6.04. The summed E-state index contributed by atoms with van der Waals surface area (Å²) >= 11 is 0. The van der Waals surface area contributed by atoms with Gasteiger partial charge in [0.15, 0.2) is 0 Å². The van der Waals surface area contributed by atoms with Crippen molar-refractivity contribution in [2.24, 2.45) is 5.92 Å². The zero-order chi connectivity index (χ0) is 18.0. The second kappa shape index (κ2) is 7.66. The van der Waals surface area contributed by atoms with Crippen molar-refractivity contribution in [2.45, 2.75) is 77.4 Å². The van der Waals surface area contributed by atoms with E-state index in [0.717, 1.165) is 0 Å². The van der Waals surface area contributed by atoms with Gasteiger partial charge in [0.25, 0.3) is 0 Å². The molecule has 2 heterocycles. The van der Waals surface area contributed by atoms with Gasteiger partial charge in [-0.25, -0.2) is 4.79 Å². The van der Waals surface area contributed by atoms with Gasteiger partial charge in [0.2, 0.25) is 0 Å². The number of fused-ring (bicyclic) bond motifs is 2. The van der Waals surface area contributed by atoms with Gasteiger partial charge in [-0.05, 0) is 26.8 Å². The van der Waals surface area contributed by atoms with Crippen LogP contribution in [0.3, 0.4) is 0 Å². The summed E-state index contributed by atoms with van der Waals surface area (Å²) in [4.78, 5) is 26.0. The first kappa shape index (κ1) is 18.9. The molecule has 0 aromatic rings. The molecule has 0 aromatic carbocycles. The van der Waals surface area contributed by atoms with Crippen molar-refractivity contribution < 1.29 is 24.2 Å². The summed E-state index contributed by atoms with van der Waals surface area (Å²) in [6.07, 6.45) is 1.60. The maximum absolute atomic E-state index is 12.0. The van der Waals surface area contributed by atoms with Crippen LogP contribution in [-0.2, 0) is 19.1 Å². The van der Waals surface area contributed by atoms with Crippen LogP contribution in [0.15, 0.2) is 11.6 Å². The van der Waals surface area contributed by atoms with E-state index in [-0.39, 0.29) is 36.0 Å². The van der Waals surface area contributed by atoms with Crippen LogP contribution in [0.5, 0.6) is 0 Å². The fourth-order valence-corrected chi connectivity index (χ4v) is 3.55. The van der Waals surface area contributed by atoms with Crippen LogP contribution in [0, 0.1) is 5.92 Å². The summed E-state index contributed by atoms with van der Waals surface area (Å²) < 4.78 is 11.1. The van der Waals surface area contributed by atoms with Crippen LogP contribution in [0.25, 0.3) is 0 Å². The van der Waals surface area contributed by atoms with Gasteiger partial charge in [0.05, 0.1) is 6.04 Å². The molecule has 0 spiro atoms. The normalized spacial score (nSPS) is 33.6. The highest BCUT2D eigenvalue weighted by atomic mass is 16.6. The number of nitrogens with zero attached hydrogens (tertiary/aromatic N) is 1. The Labute approximate surface area is 143 Å². The highest BCUT2D eigenvalue weighted by molar-refractivity contribution is 5.87. The van der Waals surface area contributed by atoms with E-state index in [4.69, 9.17) is 9.47 Å². The number of rotatable bonds is 5. The van der Waals surface area contributed by atoms with Gasteiger partial charge in [-0.15, -0.1) is 0 Å². The molecule has 2 bridgehead atoms. The Hall–Kier alpha value is -1.40. The van der Waals surface area contributed by atoms with Gasteiger partial charge in [0, 0.05) is 30.9 Å². The van der Waals surface area contributed by atoms with Crippen molar-refractivity contribution in [1.29, 1.82) is 0 Å². The molecular weight excluding hydrogens is 310 g/mol. The number of allylic oxidation sites excluding steroid dienone is 1. The Bertz CT molecular complexity index is 516. The fraction of sp³-hybridized carbons (Fsp3) is 0.778. The molecule has 0 radical (unpaired) electrons. The molecule has 6 heteroatoms. The standard InChI is InChI=1S/C18H29NO5/c1-6-11(4)18(22)23-12-8-13-16(21)17(14(9-12)19(13)5)24-15(20)7-10(2)3/h6,10,12-14,16-17,21H,7-9H2,1-5H3/b11-6+/t12?,13-,14+,16?,17?/m0/s1. The predicted molar refractivity (Wildman–Crippen MR) is 89.2 cm³/mol. The Morgan fingerprint density at radius 1 is 1.25 bits per heavy atom. The third-order valence-electron chi connectivity index (χ3n) is 5.04. The molecule has 2 aliphatic heterocycles. The average molecular weight is 339 g/mol. The van der Waals surface area contributed by atoms with E-state index in [1.54, 1.807) is 19.9 Å². The molecule has 0 saturated carbocycles. The molecule has 5 atom stereocenters. The molecule has 2 saturated heterocycles. The molecule has 136 valence electrons. The molecule has 24 heavy (non-hydrogen) atoms. The first-order valence-corrected chi connectivity index (χ1v) is 8.68. The Balaban J connectivity index is 2.03. The van der Waals surface area contributed by atoms with E-state index >= 15 is 0 Å². The number of hydrogen-bond acceptors (Lipinski definition) is 6. The first-order valence-electron chi connectivity index (χ1n) is 8.68. The molecule has 2 fully saturated rings. The van der Waals surface area contributed by atoms with Crippen molar-refractivity contribution >= 4 is 11.9 Å². The SMILES string of the molecule is C/C=C(\C)C(=O)OC1C[C@@H]2C(OC(=O)CC(C)C)C(O)[C@H](C1)N2C. The summed E-state index contributed by atoms with van der Waals surface area (Å²) in [5.41, 5.74) is 0.571. The first-order chi connectivity index (χ1) is 11.2. The Morgan fingerprint density at radius 3 is 2.46 bits per heavy atom. The number of esters is 2. The van der Waals surface area contributed by atoms with E-state index < -0.39 is 12.2 Å². The second-order valence-corrected chi connectivity index (χ2v) is 7.31. The maximum Gasteiger partial charge on any atom is 0.333 e. The number of hydrogen-bond donors (Lipinski definition) is 1. The molecule has 2 aliphatic rings. The molecular formula is C18H29NO5. The van der Waals surface area contributed by atoms with E-state index in [9.17, 15) is 14.7 Å². The number of aliphatic hydroxyl groups is 1.